The van der Waals surface area contributed by atoms with Crippen LogP contribution < -0.4 is 5.73 Å². The van der Waals surface area contributed by atoms with Crippen molar-refractivity contribution in [2.24, 2.45) is 11.7 Å². The molecule has 0 saturated heterocycles. The van der Waals surface area contributed by atoms with E-state index < -0.39 is 16.2 Å². The number of carbonyl (C=O) groups excluding carboxylic acids is 1. The summed E-state index contributed by atoms with van der Waals surface area (Å²) >= 11 is 0. The molecule has 1 aromatic carbocycles. The molecule has 1 saturated carbocycles. The molecule has 0 spiro atoms. The van der Waals surface area contributed by atoms with Crippen LogP contribution in [0.2, 0.25) is 0 Å². The standard InChI is InChI=1S/C10H19NO2.C7H8O3S/c1-7(2)9(11)10(12)13-8-5-3-4-6-8;1-6-2-4-7(5-3-6)11(8,9)10/h7-9H,3-6,11H2,1-2H3;2-5H,1H3,(H,8,9,10)/t9-;/m0./s1. The van der Waals surface area contributed by atoms with Gasteiger partial charge in [0, 0.05) is 0 Å². The molecule has 0 heterocycles. The minimum Gasteiger partial charge on any atom is -0.461 e. The molecule has 24 heavy (non-hydrogen) atoms. The Morgan fingerprint density at radius 2 is 1.71 bits per heavy atom. The molecule has 0 unspecified atom stereocenters. The van der Waals surface area contributed by atoms with Gasteiger partial charge in [0.25, 0.3) is 10.1 Å². The summed E-state index contributed by atoms with van der Waals surface area (Å²) in [6.07, 6.45) is 4.51. The molecule has 1 aliphatic carbocycles. The van der Waals surface area contributed by atoms with Crippen molar-refractivity contribution in [2.75, 3.05) is 0 Å². The Morgan fingerprint density at radius 1 is 1.21 bits per heavy atom. The summed E-state index contributed by atoms with van der Waals surface area (Å²) < 4.78 is 34.8. The Hall–Kier alpha value is -1.44. The average molecular weight is 357 g/mol. The van der Waals surface area contributed by atoms with E-state index in [2.05, 4.69) is 0 Å². The van der Waals surface area contributed by atoms with Crippen LogP contribution in [0, 0.1) is 12.8 Å². The van der Waals surface area contributed by atoms with Crippen LogP contribution >= 0.6 is 0 Å². The van der Waals surface area contributed by atoms with E-state index in [1.807, 2.05) is 20.8 Å². The zero-order valence-electron chi connectivity index (χ0n) is 14.4. The summed E-state index contributed by atoms with van der Waals surface area (Å²) in [4.78, 5) is 11.3. The Balaban J connectivity index is 0.000000243. The number of hydrogen-bond acceptors (Lipinski definition) is 5. The molecule has 0 amide bonds. The lowest BCUT2D eigenvalue weighted by atomic mass is 10.1. The van der Waals surface area contributed by atoms with Gasteiger partial charge in [0.15, 0.2) is 0 Å². The molecule has 1 atom stereocenters. The Labute approximate surface area is 144 Å². The van der Waals surface area contributed by atoms with Crippen molar-refractivity contribution in [2.45, 2.75) is 63.5 Å². The maximum atomic E-state index is 11.4. The lowest BCUT2D eigenvalue weighted by Crippen LogP contribution is -2.38. The summed E-state index contributed by atoms with van der Waals surface area (Å²) in [6.45, 7) is 5.70. The molecule has 0 radical (unpaired) electrons. The summed E-state index contributed by atoms with van der Waals surface area (Å²) in [7, 11) is -4.02. The molecular weight excluding hydrogens is 330 g/mol. The number of carbonyl (C=O) groups is 1. The first-order chi connectivity index (χ1) is 11.1. The van der Waals surface area contributed by atoms with Crippen LogP contribution in [-0.4, -0.2) is 31.1 Å². The highest BCUT2D eigenvalue weighted by atomic mass is 32.2. The van der Waals surface area contributed by atoms with Crippen LogP contribution in [0.15, 0.2) is 29.2 Å². The lowest BCUT2D eigenvalue weighted by Gasteiger charge is -2.17. The largest absolute Gasteiger partial charge is 0.461 e. The van der Waals surface area contributed by atoms with Crippen LogP contribution in [0.3, 0.4) is 0 Å². The fraction of sp³-hybridized carbons (Fsp3) is 0.588. The van der Waals surface area contributed by atoms with Crippen LogP contribution in [0.1, 0.15) is 45.1 Å². The maximum Gasteiger partial charge on any atom is 0.323 e. The first kappa shape index (κ1) is 20.6. The summed E-state index contributed by atoms with van der Waals surface area (Å²) in [5.74, 6) is -0.0733. The van der Waals surface area contributed by atoms with Crippen LogP contribution in [0.4, 0.5) is 0 Å². The van der Waals surface area contributed by atoms with E-state index >= 15 is 0 Å². The van der Waals surface area contributed by atoms with Gasteiger partial charge < -0.3 is 10.5 Å². The van der Waals surface area contributed by atoms with Crippen molar-refractivity contribution in [1.29, 1.82) is 0 Å². The fourth-order valence-electron chi connectivity index (χ4n) is 2.23. The molecule has 0 bridgehead atoms. The van der Waals surface area contributed by atoms with Gasteiger partial charge in [-0.1, -0.05) is 31.5 Å². The minimum absolute atomic E-state index is 0.0666. The number of rotatable bonds is 4. The number of nitrogens with two attached hydrogens (primary N) is 1. The molecule has 0 aromatic heterocycles. The zero-order valence-corrected chi connectivity index (χ0v) is 15.3. The highest BCUT2D eigenvalue weighted by Gasteiger charge is 2.24. The van der Waals surface area contributed by atoms with Crippen molar-refractivity contribution in [3.05, 3.63) is 29.8 Å². The maximum absolute atomic E-state index is 11.4. The van der Waals surface area contributed by atoms with Crippen LogP contribution in [0.25, 0.3) is 0 Å². The van der Waals surface area contributed by atoms with Crippen molar-refractivity contribution in [3.8, 4) is 0 Å². The highest BCUT2D eigenvalue weighted by molar-refractivity contribution is 7.85. The van der Waals surface area contributed by atoms with Gasteiger partial charge in [0.1, 0.15) is 12.1 Å². The summed E-state index contributed by atoms with van der Waals surface area (Å²) in [6, 6.07) is 5.53. The van der Waals surface area contributed by atoms with Gasteiger partial charge in [0.2, 0.25) is 0 Å². The minimum atomic E-state index is -4.02. The second-order valence-electron chi connectivity index (χ2n) is 6.40. The molecule has 1 fully saturated rings. The van der Waals surface area contributed by atoms with Crippen molar-refractivity contribution in [3.63, 3.8) is 0 Å². The predicted molar refractivity (Wildman–Crippen MR) is 92.2 cm³/mol. The molecule has 1 aromatic rings. The zero-order chi connectivity index (χ0) is 18.3. The molecule has 0 aliphatic heterocycles. The van der Waals surface area contributed by atoms with E-state index in [0.717, 1.165) is 18.4 Å². The molecule has 136 valence electrons. The predicted octanol–water partition coefficient (Wildman–Crippen LogP) is 2.70. The smallest absolute Gasteiger partial charge is 0.323 e. The Morgan fingerprint density at radius 3 is 2.12 bits per heavy atom. The molecule has 3 N–H and O–H groups in total. The van der Waals surface area contributed by atoms with Gasteiger partial charge in [0.05, 0.1) is 4.90 Å². The van der Waals surface area contributed by atoms with E-state index in [1.54, 1.807) is 12.1 Å². The van der Waals surface area contributed by atoms with Gasteiger partial charge in [-0.05, 0) is 50.7 Å². The Bertz CT molecular complexity index is 619. The van der Waals surface area contributed by atoms with E-state index in [4.69, 9.17) is 15.0 Å². The number of aryl methyl sites for hydroxylation is 1. The third-order valence-corrected chi connectivity index (χ3v) is 4.76. The summed E-state index contributed by atoms with van der Waals surface area (Å²) in [5.41, 5.74) is 6.62. The van der Waals surface area contributed by atoms with E-state index in [0.29, 0.717) is 0 Å². The quantitative estimate of drug-likeness (QED) is 0.634. The average Bonchev–Trinajstić information content (AvgIpc) is 2.99. The van der Waals surface area contributed by atoms with Gasteiger partial charge >= 0.3 is 5.97 Å². The normalized spacial score (nSPS) is 16.4. The first-order valence-electron chi connectivity index (χ1n) is 8.11. The highest BCUT2D eigenvalue weighted by Crippen LogP contribution is 2.21. The van der Waals surface area contributed by atoms with Gasteiger partial charge in [-0.2, -0.15) is 8.42 Å². The van der Waals surface area contributed by atoms with Crippen LogP contribution in [-0.2, 0) is 19.6 Å². The van der Waals surface area contributed by atoms with E-state index in [1.165, 1.54) is 25.0 Å². The lowest BCUT2D eigenvalue weighted by molar-refractivity contribution is -0.151. The number of hydrogen-bond donors (Lipinski definition) is 2. The summed E-state index contributed by atoms with van der Waals surface area (Å²) in [5, 5.41) is 0. The molecule has 6 nitrogen and oxygen atoms in total. The molecule has 1 aliphatic rings. The number of benzene rings is 1. The third kappa shape index (κ3) is 6.98. The molecule has 2 rings (SSSR count). The van der Waals surface area contributed by atoms with Crippen LogP contribution in [0.5, 0.6) is 0 Å². The fourth-order valence-corrected chi connectivity index (χ4v) is 2.71. The van der Waals surface area contributed by atoms with Gasteiger partial charge in [-0.25, -0.2) is 0 Å². The van der Waals surface area contributed by atoms with Crippen molar-refractivity contribution >= 4 is 16.1 Å². The Kier molecular flexibility index (Phi) is 7.86. The number of ether oxygens (including phenoxy) is 1. The van der Waals surface area contributed by atoms with E-state index in [-0.39, 0.29) is 22.9 Å². The SMILES string of the molecule is CC(C)[C@H](N)C(=O)OC1CCCC1.Cc1ccc(S(=O)(=O)O)cc1. The van der Waals surface area contributed by atoms with E-state index in [9.17, 15) is 13.2 Å². The van der Waals surface area contributed by atoms with Crippen molar-refractivity contribution < 1.29 is 22.5 Å². The second kappa shape index (κ2) is 9.15. The second-order valence-corrected chi connectivity index (χ2v) is 7.82. The topological polar surface area (TPSA) is 107 Å². The molecular formula is C17H27NO5S. The number of esters is 1. The van der Waals surface area contributed by atoms with Crippen molar-refractivity contribution in [1.82, 2.24) is 0 Å². The van der Waals surface area contributed by atoms with Gasteiger partial charge in [-0.15, -0.1) is 0 Å². The van der Waals surface area contributed by atoms with Gasteiger partial charge in [-0.3, -0.25) is 9.35 Å². The first-order valence-corrected chi connectivity index (χ1v) is 9.55. The molecule has 7 heteroatoms. The monoisotopic (exact) mass is 357 g/mol. The third-order valence-electron chi connectivity index (χ3n) is 3.89.